The number of hydrogen-bond donors (Lipinski definition) is 0. The molecule has 184 valence electrons. The molecule has 0 amide bonds. The van der Waals surface area contributed by atoms with Crippen LogP contribution in [-0.4, -0.2) is 39.3 Å². The Morgan fingerprint density at radius 3 is 2.51 bits per heavy atom. The van der Waals surface area contributed by atoms with Crippen molar-refractivity contribution in [2.75, 3.05) is 0 Å². The van der Waals surface area contributed by atoms with E-state index in [0.717, 1.165) is 35.7 Å². The number of hydrogen-bond acceptors (Lipinski definition) is 7. The van der Waals surface area contributed by atoms with Crippen molar-refractivity contribution in [2.45, 2.75) is 31.5 Å². The minimum atomic E-state index is -4.50. The van der Waals surface area contributed by atoms with Crippen molar-refractivity contribution >= 4 is 11.0 Å². The van der Waals surface area contributed by atoms with Crippen LogP contribution in [0, 0.1) is 11.3 Å². The minimum Gasteiger partial charge on any atom is -0.333 e. The number of nitriles is 1. The van der Waals surface area contributed by atoms with Crippen LogP contribution in [0.5, 0.6) is 0 Å². The molecule has 1 aromatic carbocycles. The van der Waals surface area contributed by atoms with Gasteiger partial charge in [0.2, 0.25) is 0 Å². The predicted molar refractivity (Wildman–Crippen MR) is 126 cm³/mol. The fourth-order valence-electron chi connectivity index (χ4n) is 4.28. The molecule has 1 aliphatic carbocycles. The maximum Gasteiger partial charge on any atom is 0.434 e. The molecule has 0 radical (unpaired) electrons. The molecule has 1 aliphatic rings. The third-order valence-electron chi connectivity index (χ3n) is 6.26. The summed E-state index contributed by atoms with van der Waals surface area (Å²) in [5.41, 5.74) is 2.68. The number of rotatable bonds is 5. The Bertz CT molecular complexity index is 1670. The Morgan fingerprint density at radius 2 is 1.84 bits per heavy atom. The maximum absolute atomic E-state index is 13.0. The summed E-state index contributed by atoms with van der Waals surface area (Å²) in [6.07, 6.45) is 3.19. The van der Waals surface area contributed by atoms with E-state index in [1.54, 1.807) is 29.2 Å². The lowest BCUT2D eigenvalue weighted by molar-refractivity contribution is -0.140. The number of benzene rings is 1. The van der Waals surface area contributed by atoms with Gasteiger partial charge in [-0.1, -0.05) is 24.3 Å². The van der Waals surface area contributed by atoms with Gasteiger partial charge in [-0.2, -0.15) is 23.5 Å². The van der Waals surface area contributed by atoms with E-state index in [2.05, 4.69) is 31.1 Å². The fraction of sp³-hybridized carbons (Fsp3) is 0.240. The van der Waals surface area contributed by atoms with Gasteiger partial charge in [-0.05, 0) is 18.4 Å². The average Bonchev–Trinajstić information content (AvgIpc) is 3.55. The second kappa shape index (κ2) is 8.48. The molecule has 0 N–H and O–H groups in total. The quantitative estimate of drug-likeness (QED) is 0.349. The molecule has 12 heteroatoms. The molecule has 1 saturated carbocycles. The highest BCUT2D eigenvalue weighted by Gasteiger charge is 2.34. The molecule has 37 heavy (non-hydrogen) atoms. The van der Waals surface area contributed by atoms with Gasteiger partial charge in [0.25, 0.3) is 0 Å². The minimum absolute atomic E-state index is 0.227. The smallest absolute Gasteiger partial charge is 0.333 e. The first kappa shape index (κ1) is 22.8. The van der Waals surface area contributed by atoms with Crippen LogP contribution in [0.2, 0.25) is 0 Å². The Kier molecular flexibility index (Phi) is 5.22. The summed E-state index contributed by atoms with van der Waals surface area (Å²) in [6, 6.07) is 9.21. The second-order valence-corrected chi connectivity index (χ2v) is 8.90. The number of aromatic nitrogens is 8. The molecule has 0 saturated heterocycles. The summed E-state index contributed by atoms with van der Waals surface area (Å²) in [5.74, 6) is 0.878. The van der Waals surface area contributed by atoms with Crippen molar-refractivity contribution in [3.63, 3.8) is 0 Å². The zero-order chi connectivity index (χ0) is 25.7. The monoisotopic (exact) mass is 501 g/mol. The Balaban J connectivity index is 1.32. The number of aryl methyl sites for hydroxylation is 1. The van der Waals surface area contributed by atoms with Crippen LogP contribution in [0.4, 0.5) is 13.2 Å². The number of nitrogens with zero attached hydrogens (tertiary/aromatic N) is 9. The van der Waals surface area contributed by atoms with E-state index in [0.29, 0.717) is 29.1 Å². The van der Waals surface area contributed by atoms with E-state index in [4.69, 9.17) is 4.98 Å². The lowest BCUT2D eigenvalue weighted by Gasteiger charge is -2.09. The van der Waals surface area contributed by atoms with Gasteiger partial charge in [0.15, 0.2) is 22.9 Å². The second-order valence-electron chi connectivity index (χ2n) is 8.90. The van der Waals surface area contributed by atoms with Crippen LogP contribution in [0.15, 0.2) is 49.2 Å². The molecule has 6 rings (SSSR count). The molecule has 1 fully saturated rings. The summed E-state index contributed by atoms with van der Waals surface area (Å²) in [6.45, 7) is 0.375. The van der Waals surface area contributed by atoms with Gasteiger partial charge in [-0.15, -0.1) is 0 Å². The van der Waals surface area contributed by atoms with Crippen LogP contribution < -0.4 is 0 Å². The van der Waals surface area contributed by atoms with Gasteiger partial charge in [0.1, 0.15) is 18.2 Å². The molecular formula is C25H18F3N9. The van der Waals surface area contributed by atoms with Gasteiger partial charge in [0, 0.05) is 30.9 Å². The topological polar surface area (TPSA) is 111 Å². The van der Waals surface area contributed by atoms with Crippen LogP contribution in [-0.2, 0) is 19.8 Å². The molecular weight excluding hydrogens is 483 g/mol. The Labute approximate surface area is 208 Å². The van der Waals surface area contributed by atoms with Crippen molar-refractivity contribution < 1.29 is 13.2 Å². The number of halogens is 3. The van der Waals surface area contributed by atoms with E-state index in [9.17, 15) is 18.4 Å². The third-order valence-corrected chi connectivity index (χ3v) is 6.26. The fourth-order valence-corrected chi connectivity index (χ4v) is 4.28. The standard InChI is InChI=1S/C25H18F3N9/c1-36-12-19(25(26,27)28)34-23(36)16-4-2-14(3-5-16)11-37-24-17(10-33-37)9-30-22(35-24)20-18(8-29)31-13-32-21(20)15-6-7-15/h2-5,9-10,12-13,15H,6-7,11H2,1H3. The highest BCUT2D eigenvalue weighted by atomic mass is 19.4. The summed E-state index contributed by atoms with van der Waals surface area (Å²) in [7, 11) is 1.53. The molecule has 4 heterocycles. The van der Waals surface area contributed by atoms with Crippen LogP contribution >= 0.6 is 0 Å². The van der Waals surface area contributed by atoms with Crippen LogP contribution in [0.25, 0.3) is 33.8 Å². The highest BCUT2D eigenvalue weighted by Crippen LogP contribution is 2.43. The molecule has 0 atom stereocenters. The van der Waals surface area contributed by atoms with Crippen molar-refractivity contribution in [1.82, 2.24) is 39.3 Å². The van der Waals surface area contributed by atoms with Gasteiger partial charge in [-0.25, -0.2) is 29.6 Å². The molecule has 4 aromatic heterocycles. The zero-order valence-electron chi connectivity index (χ0n) is 19.5. The summed E-state index contributed by atoms with van der Waals surface area (Å²) >= 11 is 0. The van der Waals surface area contributed by atoms with E-state index in [-0.39, 0.29) is 17.4 Å². The van der Waals surface area contributed by atoms with Gasteiger partial charge < -0.3 is 4.57 Å². The predicted octanol–water partition coefficient (Wildman–Crippen LogP) is 4.50. The average molecular weight is 501 g/mol. The van der Waals surface area contributed by atoms with Crippen molar-refractivity contribution in [3.05, 3.63) is 71.8 Å². The van der Waals surface area contributed by atoms with Gasteiger partial charge >= 0.3 is 6.18 Å². The van der Waals surface area contributed by atoms with E-state index in [1.807, 2.05) is 12.1 Å². The van der Waals surface area contributed by atoms with E-state index in [1.165, 1.54) is 17.9 Å². The molecule has 0 spiro atoms. The number of alkyl halides is 3. The number of fused-ring (bicyclic) bond motifs is 1. The maximum atomic E-state index is 13.0. The normalized spacial score (nSPS) is 13.7. The molecule has 9 nitrogen and oxygen atoms in total. The molecule has 0 unspecified atom stereocenters. The molecule has 0 aliphatic heterocycles. The van der Waals surface area contributed by atoms with E-state index >= 15 is 0 Å². The largest absolute Gasteiger partial charge is 0.434 e. The Hall–Kier alpha value is -4.66. The SMILES string of the molecule is Cn1cc(C(F)(F)F)nc1-c1ccc(Cn2ncc3cnc(-c4c(C#N)ncnc4C4CC4)nc32)cc1. The highest BCUT2D eigenvalue weighted by molar-refractivity contribution is 5.77. The van der Waals surface area contributed by atoms with Crippen molar-refractivity contribution in [3.8, 4) is 28.8 Å². The van der Waals surface area contributed by atoms with Crippen molar-refractivity contribution in [1.29, 1.82) is 5.26 Å². The van der Waals surface area contributed by atoms with Gasteiger partial charge in [-0.3, -0.25) is 0 Å². The first-order chi connectivity index (χ1) is 17.8. The summed E-state index contributed by atoms with van der Waals surface area (Å²) < 4.78 is 42.1. The first-order valence-corrected chi connectivity index (χ1v) is 11.5. The first-order valence-electron chi connectivity index (χ1n) is 11.5. The van der Waals surface area contributed by atoms with Gasteiger partial charge in [0.05, 0.1) is 29.4 Å². The van der Waals surface area contributed by atoms with Crippen molar-refractivity contribution in [2.24, 2.45) is 7.05 Å². The number of imidazole rings is 1. The van der Waals surface area contributed by atoms with Crippen LogP contribution in [0.1, 0.15) is 41.4 Å². The molecule has 5 aromatic rings. The zero-order valence-corrected chi connectivity index (χ0v) is 19.5. The summed E-state index contributed by atoms with van der Waals surface area (Å²) in [5, 5.41) is 14.8. The lowest BCUT2D eigenvalue weighted by atomic mass is 10.1. The Morgan fingerprint density at radius 1 is 1.05 bits per heavy atom. The lowest BCUT2D eigenvalue weighted by Crippen LogP contribution is -2.05. The van der Waals surface area contributed by atoms with Crippen LogP contribution in [0.3, 0.4) is 0 Å². The summed E-state index contributed by atoms with van der Waals surface area (Å²) in [4.78, 5) is 21.4. The molecule has 0 bridgehead atoms. The van der Waals surface area contributed by atoms with E-state index < -0.39 is 11.9 Å². The third kappa shape index (κ3) is 4.18.